The van der Waals surface area contributed by atoms with Crippen LogP contribution in [-0.4, -0.2) is 51.6 Å². The average molecular weight is 423 g/mol. The second-order valence-corrected chi connectivity index (χ2v) is 5.88. The average Bonchev–Trinajstić information content (AvgIpc) is 2.68. The van der Waals surface area contributed by atoms with E-state index in [4.69, 9.17) is 10.5 Å². The third-order valence-corrected chi connectivity index (χ3v) is 4.04. The summed E-state index contributed by atoms with van der Waals surface area (Å²) < 4.78 is 10.8. The molecule has 0 unspecified atom stereocenters. The molecular weight excluding hydrogens is 406 g/mol. The SMILES string of the molecule is COCCn1c(N)c(C(=O)Cn2cc(C(=O)OC)cc([N+](=O)[O-])c2=O)c(=O)[nH]c1=O. The van der Waals surface area contributed by atoms with Crippen molar-refractivity contribution in [3.63, 3.8) is 0 Å². The molecule has 2 rings (SSSR count). The zero-order valence-corrected chi connectivity index (χ0v) is 15.9. The Hall–Kier alpha value is -4.07. The van der Waals surface area contributed by atoms with E-state index in [0.717, 1.165) is 17.9 Å². The molecule has 0 bridgehead atoms. The van der Waals surface area contributed by atoms with Crippen molar-refractivity contribution >= 4 is 23.3 Å². The Bertz CT molecular complexity index is 1190. The molecule has 0 aromatic carbocycles. The van der Waals surface area contributed by atoms with Crippen LogP contribution in [-0.2, 0) is 22.6 Å². The minimum absolute atomic E-state index is 0.0522. The molecule has 2 heterocycles. The van der Waals surface area contributed by atoms with Gasteiger partial charge in [-0.2, -0.15) is 0 Å². The Morgan fingerprint density at radius 3 is 2.50 bits per heavy atom. The Morgan fingerprint density at radius 2 is 1.93 bits per heavy atom. The van der Waals surface area contributed by atoms with Crippen LogP contribution in [0.15, 0.2) is 26.6 Å². The van der Waals surface area contributed by atoms with Crippen LogP contribution >= 0.6 is 0 Å². The van der Waals surface area contributed by atoms with Gasteiger partial charge >= 0.3 is 22.9 Å². The number of ketones is 1. The number of hydrogen-bond acceptors (Lipinski definition) is 10. The van der Waals surface area contributed by atoms with E-state index < -0.39 is 57.1 Å². The van der Waals surface area contributed by atoms with Gasteiger partial charge in [-0.25, -0.2) is 9.59 Å². The number of hydrogen-bond donors (Lipinski definition) is 2. The Kier molecular flexibility index (Phi) is 6.63. The molecule has 0 radical (unpaired) electrons. The second-order valence-electron chi connectivity index (χ2n) is 5.88. The number of rotatable bonds is 8. The molecule has 0 atom stereocenters. The van der Waals surface area contributed by atoms with E-state index in [1.165, 1.54) is 7.11 Å². The quantitative estimate of drug-likeness (QED) is 0.218. The van der Waals surface area contributed by atoms with Gasteiger partial charge in [-0.3, -0.25) is 34.0 Å². The van der Waals surface area contributed by atoms with Gasteiger partial charge in [0.15, 0.2) is 5.78 Å². The van der Waals surface area contributed by atoms with E-state index in [9.17, 15) is 34.1 Å². The number of methoxy groups -OCH3 is 2. The van der Waals surface area contributed by atoms with Crippen molar-refractivity contribution in [1.29, 1.82) is 0 Å². The lowest BCUT2D eigenvalue weighted by molar-refractivity contribution is -0.386. The van der Waals surface area contributed by atoms with Crippen LogP contribution in [0.25, 0.3) is 0 Å². The molecule has 0 saturated carbocycles. The normalized spacial score (nSPS) is 10.6. The molecular formula is C16H17N5O9. The van der Waals surface area contributed by atoms with E-state index in [1.54, 1.807) is 0 Å². The van der Waals surface area contributed by atoms with Crippen molar-refractivity contribution in [2.45, 2.75) is 13.1 Å². The summed E-state index contributed by atoms with van der Waals surface area (Å²) in [4.78, 5) is 72.8. The summed E-state index contributed by atoms with van der Waals surface area (Å²) in [5, 5.41) is 11.1. The highest BCUT2D eigenvalue weighted by atomic mass is 16.6. The predicted octanol–water partition coefficient (Wildman–Crippen LogP) is -1.50. The maximum Gasteiger partial charge on any atom is 0.339 e. The number of H-pyrrole nitrogens is 1. The zero-order valence-electron chi connectivity index (χ0n) is 15.9. The first-order valence-electron chi connectivity index (χ1n) is 8.24. The third kappa shape index (κ3) is 4.33. The molecule has 0 fully saturated rings. The predicted molar refractivity (Wildman–Crippen MR) is 101 cm³/mol. The second kappa shape index (κ2) is 8.95. The largest absolute Gasteiger partial charge is 0.465 e. The van der Waals surface area contributed by atoms with Gasteiger partial charge in [-0.15, -0.1) is 0 Å². The Morgan fingerprint density at radius 1 is 1.27 bits per heavy atom. The lowest BCUT2D eigenvalue weighted by Crippen LogP contribution is -2.38. The van der Waals surface area contributed by atoms with E-state index in [0.29, 0.717) is 10.6 Å². The number of nitrogens with zero attached hydrogens (tertiary/aromatic N) is 3. The number of aromatic nitrogens is 3. The van der Waals surface area contributed by atoms with Crippen LogP contribution in [0.3, 0.4) is 0 Å². The van der Waals surface area contributed by atoms with E-state index >= 15 is 0 Å². The van der Waals surface area contributed by atoms with Crippen LogP contribution in [0.1, 0.15) is 20.7 Å². The highest BCUT2D eigenvalue weighted by molar-refractivity contribution is 5.99. The van der Waals surface area contributed by atoms with Gasteiger partial charge in [-0.05, 0) is 0 Å². The highest BCUT2D eigenvalue weighted by Crippen LogP contribution is 2.11. The molecule has 0 aliphatic heterocycles. The number of Topliss-reactive ketones (excluding diaryl/α,β-unsaturated/α-hetero) is 1. The number of nitrogens with two attached hydrogens (primary N) is 1. The van der Waals surface area contributed by atoms with Gasteiger partial charge in [0.05, 0.1) is 37.3 Å². The summed E-state index contributed by atoms with van der Waals surface area (Å²) in [6, 6.07) is 0.710. The van der Waals surface area contributed by atoms with Crippen LogP contribution < -0.4 is 22.5 Å². The molecule has 14 heteroatoms. The number of anilines is 1. The molecule has 30 heavy (non-hydrogen) atoms. The monoisotopic (exact) mass is 423 g/mol. The van der Waals surface area contributed by atoms with Crippen LogP contribution in [0.4, 0.5) is 11.5 Å². The number of nitro groups is 1. The standard InChI is InChI=1S/C16H17N5O9/c1-29-4-3-20-12(17)11(13(23)18-16(20)26)10(22)7-19-6-8(15(25)30-2)5-9(14(19)24)21(27)28/h5-6H,3-4,7,17H2,1-2H3,(H,18,23,26). The first-order chi connectivity index (χ1) is 14.1. The number of nitrogen functional groups attached to an aromatic ring is 1. The highest BCUT2D eigenvalue weighted by Gasteiger charge is 2.24. The number of ether oxygens (including phenoxy) is 2. The lowest BCUT2D eigenvalue weighted by Gasteiger charge is -2.12. The van der Waals surface area contributed by atoms with Crippen molar-refractivity contribution in [3.05, 3.63) is 64.7 Å². The first kappa shape index (κ1) is 22.2. The van der Waals surface area contributed by atoms with Crippen molar-refractivity contribution in [3.8, 4) is 0 Å². The Balaban J connectivity index is 2.58. The molecule has 3 N–H and O–H groups in total. The minimum atomic E-state index is -1.19. The maximum atomic E-state index is 12.7. The molecule has 0 aliphatic carbocycles. The van der Waals surface area contributed by atoms with Crippen LogP contribution in [0.2, 0.25) is 0 Å². The molecule has 2 aromatic rings. The molecule has 2 aromatic heterocycles. The van der Waals surface area contributed by atoms with Gasteiger partial charge in [0.2, 0.25) is 0 Å². The van der Waals surface area contributed by atoms with Gasteiger partial charge in [-0.1, -0.05) is 0 Å². The zero-order chi connectivity index (χ0) is 22.6. The number of carbonyl (C=O) groups is 2. The summed E-state index contributed by atoms with van der Waals surface area (Å²) in [6.45, 7) is -0.877. The van der Waals surface area contributed by atoms with Crippen molar-refractivity contribution in [1.82, 2.24) is 14.1 Å². The minimum Gasteiger partial charge on any atom is -0.465 e. The molecule has 0 spiro atoms. The summed E-state index contributed by atoms with van der Waals surface area (Å²) in [6.07, 6.45) is 0.879. The summed E-state index contributed by atoms with van der Waals surface area (Å²) in [5.41, 5.74) is 0.685. The van der Waals surface area contributed by atoms with Gasteiger partial charge in [0, 0.05) is 19.4 Å². The van der Waals surface area contributed by atoms with E-state index in [1.807, 2.05) is 4.98 Å². The van der Waals surface area contributed by atoms with Gasteiger partial charge in [0.1, 0.15) is 11.4 Å². The van der Waals surface area contributed by atoms with E-state index in [-0.39, 0.29) is 18.7 Å². The van der Waals surface area contributed by atoms with Crippen molar-refractivity contribution in [2.24, 2.45) is 0 Å². The number of esters is 1. The third-order valence-electron chi connectivity index (χ3n) is 4.04. The fourth-order valence-corrected chi connectivity index (χ4v) is 2.59. The Labute approximate surface area is 166 Å². The summed E-state index contributed by atoms with van der Waals surface area (Å²) in [5.74, 6) is -2.46. The van der Waals surface area contributed by atoms with Crippen LogP contribution in [0, 0.1) is 10.1 Å². The number of aromatic amines is 1. The number of carbonyl (C=O) groups excluding carboxylic acids is 2. The fraction of sp³-hybridized carbons (Fsp3) is 0.312. The molecule has 160 valence electrons. The van der Waals surface area contributed by atoms with Crippen LogP contribution in [0.5, 0.6) is 0 Å². The molecule has 14 nitrogen and oxygen atoms in total. The fourth-order valence-electron chi connectivity index (χ4n) is 2.59. The van der Waals surface area contributed by atoms with E-state index in [2.05, 4.69) is 4.74 Å². The first-order valence-corrected chi connectivity index (χ1v) is 8.24. The smallest absolute Gasteiger partial charge is 0.339 e. The van der Waals surface area contributed by atoms with Crippen molar-refractivity contribution < 1.29 is 24.0 Å². The number of nitrogens with one attached hydrogen (secondary N) is 1. The lowest BCUT2D eigenvalue weighted by atomic mass is 10.1. The van der Waals surface area contributed by atoms with Gasteiger partial charge < -0.3 is 19.8 Å². The molecule has 0 aliphatic rings. The molecule has 0 amide bonds. The van der Waals surface area contributed by atoms with Gasteiger partial charge in [0.25, 0.3) is 5.56 Å². The maximum absolute atomic E-state index is 12.7. The topological polar surface area (TPSA) is 199 Å². The van der Waals surface area contributed by atoms with Crippen molar-refractivity contribution in [2.75, 3.05) is 26.6 Å². The number of pyridine rings is 1. The summed E-state index contributed by atoms with van der Waals surface area (Å²) in [7, 11) is 2.39. The summed E-state index contributed by atoms with van der Waals surface area (Å²) >= 11 is 0. The molecule has 0 saturated heterocycles.